The van der Waals surface area contributed by atoms with Gasteiger partial charge in [-0.15, -0.1) is 5.10 Å². The van der Waals surface area contributed by atoms with Gasteiger partial charge in [0.05, 0.1) is 12.3 Å². The number of nitrogens with zero attached hydrogens (tertiary/aromatic N) is 5. The molecular formula is C20H23FN6O2. The molecule has 9 heteroatoms. The van der Waals surface area contributed by atoms with E-state index in [4.69, 9.17) is 0 Å². The quantitative estimate of drug-likeness (QED) is 0.661. The highest BCUT2D eigenvalue weighted by molar-refractivity contribution is 5.96. The molecule has 1 atom stereocenters. The van der Waals surface area contributed by atoms with Crippen molar-refractivity contribution < 1.29 is 14.3 Å². The number of aliphatic hydroxyl groups excluding tert-OH is 1. The monoisotopic (exact) mass is 398 g/mol. The van der Waals surface area contributed by atoms with Gasteiger partial charge in [-0.3, -0.25) is 9.78 Å². The minimum Gasteiger partial charge on any atom is -0.394 e. The number of aliphatic hydroxyl groups is 1. The average molecular weight is 398 g/mol. The Bertz CT molecular complexity index is 1020. The van der Waals surface area contributed by atoms with Crippen molar-refractivity contribution in [2.75, 3.05) is 6.61 Å². The molecule has 3 aromatic rings. The molecule has 152 valence electrons. The second-order valence-electron chi connectivity index (χ2n) is 7.24. The number of hydrogen-bond donors (Lipinski definition) is 2. The molecule has 2 N–H and O–H groups in total. The predicted octanol–water partition coefficient (Wildman–Crippen LogP) is 2.41. The van der Waals surface area contributed by atoms with Crippen LogP contribution in [0.2, 0.25) is 0 Å². The molecule has 2 heterocycles. The molecule has 29 heavy (non-hydrogen) atoms. The number of carbonyl (C=O) groups excluding carboxylic acids is 1. The van der Waals surface area contributed by atoms with E-state index in [2.05, 4.69) is 25.8 Å². The minimum absolute atomic E-state index is 0.0559. The minimum atomic E-state index is -0.581. The molecule has 0 bridgehead atoms. The summed E-state index contributed by atoms with van der Waals surface area (Å²) in [5.74, 6) is -0.618. The maximum atomic E-state index is 15.5. The summed E-state index contributed by atoms with van der Waals surface area (Å²) >= 11 is 0. The normalized spacial score (nSPS) is 12.2. The zero-order chi connectivity index (χ0) is 21.1. The van der Waals surface area contributed by atoms with Crippen LogP contribution in [0.15, 0.2) is 30.5 Å². The van der Waals surface area contributed by atoms with Crippen molar-refractivity contribution in [2.24, 2.45) is 0 Å². The topological polar surface area (TPSA) is 106 Å². The summed E-state index contributed by atoms with van der Waals surface area (Å²) in [5.41, 5.74) is 1.75. The van der Waals surface area contributed by atoms with Gasteiger partial charge >= 0.3 is 0 Å². The number of aromatic nitrogens is 5. The third kappa shape index (κ3) is 4.29. The van der Waals surface area contributed by atoms with E-state index in [1.165, 1.54) is 16.8 Å². The van der Waals surface area contributed by atoms with E-state index >= 15 is 4.39 Å². The number of rotatable bonds is 6. The summed E-state index contributed by atoms with van der Waals surface area (Å²) in [7, 11) is 0. The van der Waals surface area contributed by atoms with Crippen LogP contribution in [0.5, 0.6) is 0 Å². The van der Waals surface area contributed by atoms with E-state index in [1.54, 1.807) is 19.2 Å². The van der Waals surface area contributed by atoms with Crippen molar-refractivity contribution in [3.05, 3.63) is 53.2 Å². The van der Waals surface area contributed by atoms with Crippen molar-refractivity contribution in [3.63, 3.8) is 0 Å². The predicted molar refractivity (Wildman–Crippen MR) is 105 cm³/mol. The van der Waals surface area contributed by atoms with Crippen molar-refractivity contribution >= 4 is 5.91 Å². The number of amides is 1. The van der Waals surface area contributed by atoms with E-state index < -0.39 is 17.8 Å². The fourth-order valence-electron chi connectivity index (χ4n) is 2.79. The molecule has 0 aliphatic carbocycles. The van der Waals surface area contributed by atoms with Crippen molar-refractivity contribution in [3.8, 4) is 16.9 Å². The first-order valence-corrected chi connectivity index (χ1v) is 9.28. The van der Waals surface area contributed by atoms with Gasteiger partial charge in [0, 0.05) is 29.3 Å². The third-order valence-corrected chi connectivity index (χ3v) is 4.39. The average Bonchev–Trinajstić information content (AvgIpc) is 3.18. The number of carbonyl (C=O) groups is 1. The Kier molecular flexibility index (Phi) is 5.97. The molecule has 1 unspecified atom stereocenters. The molecule has 0 aliphatic rings. The van der Waals surface area contributed by atoms with Crippen LogP contribution < -0.4 is 5.32 Å². The number of pyridine rings is 1. The number of aryl methyl sites for hydroxylation is 1. The molecule has 1 amide bonds. The summed E-state index contributed by atoms with van der Waals surface area (Å²) in [6.07, 6.45) is 1.63. The Morgan fingerprint density at radius 1 is 1.28 bits per heavy atom. The second-order valence-corrected chi connectivity index (χ2v) is 7.24. The SMILES string of the molecule is Cc1ccc(-c2cc(C(=O)NC(C)CO)cc(-n3nnnc3C(C)C)c2F)nc1. The Hall–Kier alpha value is -3.20. The Morgan fingerprint density at radius 2 is 2.03 bits per heavy atom. The van der Waals surface area contributed by atoms with Crippen molar-refractivity contribution in [2.45, 2.75) is 39.7 Å². The summed E-state index contributed by atoms with van der Waals surface area (Å²) in [6.45, 7) is 7.12. The number of benzene rings is 1. The zero-order valence-electron chi connectivity index (χ0n) is 16.7. The first-order chi connectivity index (χ1) is 13.8. The largest absolute Gasteiger partial charge is 0.394 e. The first kappa shape index (κ1) is 20.5. The highest BCUT2D eigenvalue weighted by Gasteiger charge is 2.22. The number of hydrogen-bond acceptors (Lipinski definition) is 6. The van der Waals surface area contributed by atoms with Crippen LogP contribution in [0.1, 0.15) is 48.4 Å². The van der Waals surface area contributed by atoms with Crippen LogP contribution in [0.25, 0.3) is 16.9 Å². The lowest BCUT2D eigenvalue weighted by molar-refractivity contribution is 0.0922. The van der Waals surface area contributed by atoms with E-state index in [-0.39, 0.29) is 29.3 Å². The molecule has 2 aromatic heterocycles. The summed E-state index contributed by atoms with van der Waals surface area (Å²) in [4.78, 5) is 17.0. The van der Waals surface area contributed by atoms with E-state index in [0.29, 0.717) is 11.5 Å². The number of tetrazole rings is 1. The van der Waals surface area contributed by atoms with Gasteiger partial charge in [-0.1, -0.05) is 19.9 Å². The van der Waals surface area contributed by atoms with Crippen LogP contribution in [-0.4, -0.2) is 48.9 Å². The van der Waals surface area contributed by atoms with Gasteiger partial charge in [0.25, 0.3) is 5.91 Å². The summed E-state index contributed by atoms with van der Waals surface area (Å²) in [5, 5.41) is 23.4. The van der Waals surface area contributed by atoms with Crippen LogP contribution in [0.4, 0.5) is 4.39 Å². The molecule has 8 nitrogen and oxygen atoms in total. The van der Waals surface area contributed by atoms with Gasteiger partial charge in [-0.05, 0) is 48.0 Å². The number of halogens is 1. The smallest absolute Gasteiger partial charge is 0.251 e. The van der Waals surface area contributed by atoms with Crippen LogP contribution in [-0.2, 0) is 0 Å². The number of nitrogens with one attached hydrogen (secondary N) is 1. The van der Waals surface area contributed by atoms with E-state index in [9.17, 15) is 9.90 Å². The van der Waals surface area contributed by atoms with Gasteiger partial charge in [0.2, 0.25) is 0 Å². The van der Waals surface area contributed by atoms with Crippen LogP contribution in [0.3, 0.4) is 0 Å². The maximum Gasteiger partial charge on any atom is 0.251 e. The fourth-order valence-corrected chi connectivity index (χ4v) is 2.79. The molecule has 1 aromatic carbocycles. The molecule has 0 saturated heterocycles. The standard InChI is InChI=1S/C20H23FN6O2/c1-11(2)19-24-25-26-27(19)17-8-14(20(29)23-13(4)10-28)7-15(18(17)21)16-6-5-12(3)9-22-16/h5-9,11,13,28H,10H2,1-4H3,(H,23,29). The molecule has 0 aliphatic heterocycles. The lowest BCUT2D eigenvalue weighted by Gasteiger charge is -2.15. The van der Waals surface area contributed by atoms with Crippen LogP contribution >= 0.6 is 0 Å². The zero-order valence-corrected chi connectivity index (χ0v) is 16.7. The van der Waals surface area contributed by atoms with Gasteiger partial charge in [0.15, 0.2) is 11.6 Å². The van der Waals surface area contributed by atoms with Crippen molar-refractivity contribution in [1.82, 2.24) is 30.5 Å². The lowest BCUT2D eigenvalue weighted by Crippen LogP contribution is -2.35. The fraction of sp³-hybridized carbons (Fsp3) is 0.350. The second kappa shape index (κ2) is 8.44. The molecule has 3 rings (SSSR count). The molecular weight excluding hydrogens is 375 g/mol. The van der Waals surface area contributed by atoms with E-state index in [1.807, 2.05) is 26.8 Å². The van der Waals surface area contributed by atoms with Crippen molar-refractivity contribution in [1.29, 1.82) is 0 Å². The Balaban J connectivity index is 2.20. The van der Waals surface area contributed by atoms with Crippen LogP contribution in [0, 0.1) is 12.7 Å². The summed E-state index contributed by atoms with van der Waals surface area (Å²) < 4.78 is 16.8. The molecule has 0 radical (unpaired) electrons. The van der Waals surface area contributed by atoms with Gasteiger partial charge in [0.1, 0.15) is 5.69 Å². The Morgan fingerprint density at radius 3 is 2.66 bits per heavy atom. The summed E-state index contributed by atoms with van der Waals surface area (Å²) in [6, 6.07) is 5.90. The lowest BCUT2D eigenvalue weighted by atomic mass is 10.0. The maximum absolute atomic E-state index is 15.5. The molecule has 0 spiro atoms. The molecule has 0 saturated carbocycles. The van der Waals surface area contributed by atoms with Gasteiger partial charge < -0.3 is 10.4 Å². The van der Waals surface area contributed by atoms with E-state index in [0.717, 1.165) is 5.56 Å². The first-order valence-electron chi connectivity index (χ1n) is 9.28. The molecule has 0 fully saturated rings. The highest BCUT2D eigenvalue weighted by Crippen LogP contribution is 2.29. The third-order valence-electron chi connectivity index (χ3n) is 4.39. The van der Waals surface area contributed by atoms with Gasteiger partial charge in [-0.25, -0.2) is 4.39 Å². The Labute approximate surface area is 167 Å². The van der Waals surface area contributed by atoms with Gasteiger partial charge in [-0.2, -0.15) is 4.68 Å². The highest BCUT2D eigenvalue weighted by atomic mass is 19.1.